The van der Waals surface area contributed by atoms with Gasteiger partial charge in [-0.2, -0.15) is 5.10 Å². The highest BCUT2D eigenvalue weighted by Gasteiger charge is 2.18. The molecule has 7 rings (SSSR count). The largest absolute Gasteiger partial charge is 0.378 e. The molecule has 3 N–H and O–H groups in total. The molecule has 0 spiro atoms. The number of carbonyl (C=O) groups excluding carboxylic acids is 1. The monoisotopic (exact) mass is 517 g/mol. The van der Waals surface area contributed by atoms with Crippen molar-refractivity contribution in [3.05, 3.63) is 73.3 Å². The Kier molecular flexibility index (Phi) is 5.67. The molecule has 0 bridgehead atoms. The second kappa shape index (κ2) is 9.62. The first-order valence-electron chi connectivity index (χ1n) is 12.6. The minimum atomic E-state index is -0.169. The SMILES string of the molecule is O=C(Nc1cncc(-c2cnc3n[nH]c(-c4nc5c(-c6ccccn6)cccc5[nH]4)c3c2)c1)N1CCOCC1. The Bertz CT molecular complexity index is 1810. The van der Waals surface area contributed by atoms with Crippen LogP contribution in [0.25, 0.3) is 56.0 Å². The van der Waals surface area contributed by atoms with Gasteiger partial charge in [-0.25, -0.2) is 14.8 Å². The summed E-state index contributed by atoms with van der Waals surface area (Å²) in [6, 6.07) is 15.5. The van der Waals surface area contributed by atoms with Crippen molar-refractivity contribution < 1.29 is 9.53 Å². The Hall–Kier alpha value is -5.16. The summed E-state index contributed by atoms with van der Waals surface area (Å²) in [5.41, 5.74) is 7.09. The highest BCUT2D eigenvalue weighted by atomic mass is 16.5. The van der Waals surface area contributed by atoms with Gasteiger partial charge in [0.15, 0.2) is 11.5 Å². The molecule has 192 valence electrons. The van der Waals surface area contributed by atoms with Crippen molar-refractivity contribution in [1.29, 1.82) is 0 Å². The van der Waals surface area contributed by atoms with Crippen LogP contribution in [0, 0.1) is 0 Å². The van der Waals surface area contributed by atoms with E-state index in [0.29, 0.717) is 43.5 Å². The van der Waals surface area contributed by atoms with Crippen molar-refractivity contribution in [2.24, 2.45) is 0 Å². The van der Waals surface area contributed by atoms with E-state index in [1.807, 2.05) is 48.5 Å². The van der Waals surface area contributed by atoms with E-state index in [1.165, 1.54) is 0 Å². The maximum absolute atomic E-state index is 12.6. The third-order valence-electron chi connectivity index (χ3n) is 6.72. The van der Waals surface area contributed by atoms with Gasteiger partial charge in [-0.3, -0.25) is 15.1 Å². The van der Waals surface area contributed by atoms with Crippen molar-refractivity contribution >= 4 is 33.8 Å². The van der Waals surface area contributed by atoms with Crippen LogP contribution in [0.15, 0.2) is 73.3 Å². The molecule has 6 heterocycles. The third kappa shape index (κ3) is 4.34. The number of aromatic nitrogens is 7. The predicted octanol–water partition coefficient (Wildman–Crippen LogP) is 4.49. The number of benzene rings is 1. The second-order valence-electron chi connectivity index (χ2n) is 9.19. The zero-order valence-corrected chi connectivity index (χ0v) is 20.8. The lowest BCUT2D eigenvalue weighted by Crippen LogP contribution is -2.43. The van der Waals surface area contributed by atoms with Gasteiger partial charge >= 0.3 is 6.03 Å². The van der Waals surface area contributed by atoms with Crippen LogP contribution in [0.4, 0.5) is 10.5 Å². The van der Waals surface area contributed by atoms with Gasteiger partial charge < -0.3 is 19.9 Å². The first-order chi connectivity index (χ1) is 19.2. The maximum atomic E-state index is 12.6. The van der Waals surface area contributed by atoms with E-state index >= 15 is 0 Å². The summed E-state index contributed by atoms with van der Waals surface area (Å²) in [4.78, 5) is 36.1. The van der Waals surface area contributed by atoms with E-state index in [1.54, 1.807) is 29.7 Å². The molecular formula is C28H23N9O2. The molecule has 0 atom stereocenters. The highest BCUT2D eigenvalue weighted by Crippen LogP contribution is 2.32. The minimum Gasteiger partial charge on any atom is -0.378 e. The number of hydrogen-bond acceptors (Lipinski definition) is 7. The summed E-state index contributed by atoms with van der Waals surface area (Å²) in [6.07, 6.45) is 6.89. The van der Waals surface area contributed by atoms with Gasteiger partial charge in [0.05, 0.1) is 47.2 Å². The van der Waals surface area contributed by atoms with Gasteiger partial charge in [0, 0.05) is 48.4 Å². The lowest BCUT2D eigenvalue weighted by molar-refractivity contribution is 0.0564. The molecule has 0 saturated carbocycles. The quantitative estimate of drug-likeness (QED) is 0.313. The summed E-state index contributed by atoms with van der Waals surface area (Å²) in [5, 5.41) is 11.2. The van der Waals surface area contributed by atoms with Crippen LogP contribution in [0.1, 0.15) is 0 Å². The van der Waals surface area contributed by atoms with Crippen LogP contribution in [-0.4, -0.2) is 72.4 Å². The van der Waals surface area contributed by atoms with Crippen molar-refractivity contribution in [2.75, 3.05) is 31.6 Å². The second-order valence-corrected chi connectivity index (χ2v) is 9.19. The maximum Gasteiger partial charge on any atom is 0.322 e. The number of fused-ring (bicyclic) bond motifs is 2. The molecule has 39 heavy (non-hydrogen) atoms. The fourth-order valence-electron chi connectivity index (χ4n) is 4.75. The number of imidazole rings is 1. The minimum absolute atomic E-state index is 0.169. The molecule has 5 aromatic heterocycles. The summed E-state index contributed by atoms with van der Waals surface area (Å²) in [5.74, 6) is 0.652. The molecule has 1 aromatic carbocycles. The van der Waals surface area contributed by atoms with Gasteiger partial charge in [-0.15, -0.1) is 0 Å². The van der Waals surface area contributed by atoms with Crippen LogP contribution in [0.5, 0.6) is 0 Å². The van der Waals surface area contributed by atoms with Gasteiger partial charge in [0.2, 0.25) is 0 Å². The molecule has 11 nitrogen and oxygen atoms in total. The molecule has 11 heteroatoms. The number of nitrogens with one attached hydrogen (secondary N) is 3. The first-order valence-corrected chi connectivity index (χ1v) is 12.6. The number of nitrogens with zero attached hydrogens (tertiary/aromatic N) is 6. The van der Waals surface area contributed by atoms with Crippen molar-refractivity contribution in [3.63, 3.8) is 0 Å². The number of rotatable bonds is 4. The van der Waals surface area contributed by atoms with E-state index in [9.17, 15) is 4.79 Å². The zero-order valence-electron chi connectivity index (χ0n) is 20.8. The first kappa shape index (κ1) is 23.0. The summed E-state index contributed by atoms with van der Waals surface area (Å²) in [6.45, 7) is 2.21. The number of H-pyrrole nitrogens is 2. The number of amides is 2. The fourth-order valence-corrected chi connectivity index (χ4v) is 4.75. The van der Waals surface area contributed by atoms with Gasteiger partial charge in [0.25, 0.3) is 0 Å². The topological polar surface area (TPSA) is 138 Å². The number of carbonyl (C=O) groups is 1. The lowest BCUT2D eigenvalue weighted by atomic mass is 10.1. The third-order valence-corrected chi connectivity index (χ3v) is 6.72. The Morgan fingerprint density at radius 2 is 1.87 bits per heavy atom. The smallest absolute Gasteiger partial charge is 0.322 e. The molecule has 1 saturated heterocycles. The summed E-state index contributed by atoms with van der Waals surface area (Å²) >= 11 is 0. The lowest BCUT2D eigenvalue weighted by Gasteiger charge is -2.26. The Morgan fingerprint density at radius 1 is 0.974 bits per heavy atom. The summed E-state index contributed by atoms with van der Waals surface area (Å²) in [7, 11) is 0. The summed E-state index contributed by atoms with van der Waals surface area (Å²) < 4.78 is 5.33. The van der Waals surface area contributed by atoms with Crippen LogP contribution >= 0.6 is 0 Å². The molecule has 2 amide bonds. The van der Waals surface area contributed by atoms with E-state index < -0.39 is 0 Å². The Labute approximate surface area is 222 Å². The number of morpholine rings is 1. The van der Waals surface area contributed by atoms with Crippen LogP contribution in [-0.2, 0) is 4.74 Å². The van der Waals surface area contributed by atoms with Crippen molar-refractivity contribution in [3.8, 4) is 33.9 Å². The molecule has 0 aliphatic carbocycles. The molecule has 1 aliphatic rings. The van der Waals surface area contributed by atoms with E-state index in [2.05, 4.69) is 35.5 Å². The standard InChI is InChI=1S/C28H23N9O2/c38-28(37-8-10-39-11-9-37)32-19-12-17(14-29-16-19)18-13-21-25(35-36-26(21)31-15-18)27-33-23-6-3-4-20(24(23)34-27)22-5-1-2-7-30-22/h1-7,12-16H,8-11H2,(H,32,38)(H,33,34)(H,31,35,36). The molecule has 0 radical (unpaired) electrons. The van der Waals surface area contributed by atoms with Crippen molar-refractivity contribution in [1.82, 2.24) is 40.0 Å². The molecule has 1 aliphatic heterocycles. The fraction of sp³-hybridized carbons (Fsp3) is 0.143. The number of aromatic amines is 2. The van der Waals surface area contributed by atoms with Crippen LogP contribution in [0.3, 0.4) is 0 Å². The number of anilines is 1. The molecular weight excluding hydrogens is 494 g/mol. The number of ether oxygens (including phenoxy) is 1. The highest BCUT2D eigenvalue weighted by molar-refractivity contribution is 5.97. The Morgan fingerprint density at radius 3 is 2.74 bits per heavy atom. The number of para-hydroxylation sites is 1. The van der Waals surface area contributed by atoms with Gasteiger partial charge in [-0.1, -0.05) is 18.2 Å². The Balaban J connectivity index is 1.23. The number of pyridine rings is 3. The van der Waals surface area contributed by atoms with Crippen LogP contribution < -0.4 is 5.32 Å². The van der Waals surface area contributed by atoms with Gasteiger partial charge in [0.1, 0.15) is 5.69 Å². The van der Waals surface area contributed by atoms with Crippen molar-refractivity contribution in [2.45, 2.75) is 0 Å². The van der Waals surface area contributed by atoms with Gasteiger partial charge in [-0.05, 0) is 30.3 Å². The average molecular weight is 518 g/mol. The number of urea groups is 1. The average Bonchev–Trinajstić information content (AvgIpc) is 3.62. The normalized spacial score (nSPS) is 13.7. The van der Waals surface area contributed by atoms with E-state index in [4.69, 9.17) is 9.72 Å². The molecule has 1 fully saturated rings. The predicted molar refractivity (Wildman–Crippen MR) is 147 cm³/mol. The van der Waals surface area contributed by atoms with E-state index in [-0.39, 0.29) is 6.03 Å². The van der Waals surface area contributed by atoms with Crippen LogP contribution in [0.2, 0.25) is 0 Å². The zero-order chi connectivity index (χ0) is 26.2. The van der Waals surface area contributed by atoms with E-state index in [0.717, 1.165) is 44.5 Å². The number of hydrogen-bond donors (Lipinski definition) is 3. The molecule has 0 unspecified atom stereocenters. The molecule has 6 aromatic rings.